The number of hydrogen-bond acceptors (Lipinski definition) is 2. The Morgan fingerprint density at radius 2 is 1.63 bits per heavy atom. The van der Waals surface area contributed by atoms with E-state index >= 15 is 0 Å². The van der Waals surface area contributed by atoms with Gasteiger partial charge in [0.1, 0.15) is 0 Å². The lowest BCUT2D eigenvalue weighted by molar-refractivity contribution is 0.105. The molecule has 1 aliphatic heterocycles. The maximum Gasteiger partial charge on any atom is 0.238 e. The van der Waals surface area contributed by atoms with Crippen LogP contribution in [0.3, 0.4) is 0 Å². The minimum Gasteiger partial charge on any atom is -0.332 e. The van der Waals surface area contributed by atoms with Crippen molar-refractivity contribution in [1.29, 1.82) is 0 Å². The van der Waals surface area contributed by atoms with E-state index in [1.165, 1.54) is 24.8 Å². The largest absolute Gasteiger partial charge is 0.332 e. The molecule has 0 amide bonds. The number of likely N-dealkylation sites (tertiary alicyclic amines) is 1. The Kier molecular flexibility index (Phi) is 4.27. The third kappa shape index (κ3) is 3.38. The number of aryl methyl sites for hydroxylation is 3. The molecular formula is C17H21NO. The van der Waals surface area contributed by atoms with Crippen molar-refractivity contribution >= 4 is 5.78 Å². The summed E-state index contributed by atoms with van der Waals surface area (Å²) in [7, 11) is 0. The van der Waals surface area contributed by atoms with Crippen molar-refractivity contribution in [3.05, 3.63) is 34.4 Å². The van der Waals surface area contributed by atoms with Crippen LogP contribution in [0, 0.1) is 32.7 Å². The van der Waals surface area contributed by atoms with Crippen molar-refractivity contribution in [2.75, 3.05) is 13.1 Å². The molecule has 100 valence electrons. The lowest BCUT2D eigenvalue weighted by Crippen LogP contribution is -2.25. The highest BCUT2D eigenvalue weighted by Crippen LogP contribution is 2.16. The quantitative estimate of drug-likeness (QED) is 0.567. The molecule has 0 saturated carbocycles. The summed E-state index contributed by atoms with van der Waals surface area (Å²) < 4.78 is 0. The highest BCUT2D eigenvalue weighted by Gasteiger charge is 2.11. The van der Waals surface area contributed by atoms with Gasteiger partial charge in [-0.3, -0.25) is 4.79 Å². The molecule has 0 aromatic heterocycles. The van der Waals surface area contributed by atoms with Crippen molar-refractivity contribution in [2.24, 2.45) is 0 Å². The molecule has 2 nitrogen and oxygen atoms in total. The van der Waals surface area contributed by atoms with Gasteiger partial charge in [0.2, 0.25) is 5.78 Å². The minimum atomic E-state index is -0.0550. The molecule has 1 saturated heterocycles. The van der Waals surface area contributed by atoms with Gasteiger partial charge in [0.05, 0.1) is 0 Å². The second-order valence-corrected chi connectivity index (χ2v) is 5.39. The second-order valence-electron chi connectivity index (χ2n) is 5.39. The van der Waals surface area contributed by atoms with Gasteiger partial charge in [0, 0.05) is 24.7 Å². The van der Waals surface area contributed by atoms with Crippen LogP contribution in [-0.2, 0) is 0 Å². The fourth-order valence-corrected chi connectivity index (χ4v) is 2.74. The molecule has 1 heterocycles. The molecular weight excluding hydrogens is 234 g/mol. The summed E-state index contributed by atoms with van der Waals surface area (Å²) in [4.78, 5) is 14.3. The number of carbonyl (C=O) groups is 1. The summed E-state index contributed by atoms with van der Waals surface area (Å²) in [5.74, 6) is 2.75. The number of Topliss-reactive ketones (excluding diaryl/α,β-unsaturated/α-hetero) is 1. The second kappa shape index (κ2) is 5.93. The van der Waals surface area contributed by atoms with Crippen LogP contribution in [0.4, 0.5) is 0 Å². The first-order chi connectivity index (χ1) is 9.08. The van der Waals surface area contributed by atoms with E-state index in [4.69, 9.17) is 0 Å². The van der Waals surface area contributed by atoms with Gasteiger partial charge in [-0.1, -0.05) is 17.7 Å². The van der Waals surface area contributed by atoms with E-state index < -0.39 is 0 Å². The number of rotatable bonds is 1. The van der Waals surface area contributed by atoms with Gasteiger partial charge < -0.3 is 4.90 Å². The van der Waals surface area contributed by atoms with Crippen LogP contribution < -0.4 is 0 Å². The Morgan fingerprint density at radius 3 is 2.21 bits per heavy atom. The first-order valence-electron chi connectivity index (χ1n) is 6.96. The zero-order chi connectivity index (χ0) is 13.8. The lowest BCUT2D eigenvalue weighted by atomic mass is 9.97. The zero-order valence-corrected chi connectivity index (χ0v) is 12.0. The third-order valence-electron chi connectivity index (χ3n) is 3.59. The standard InChI is InChI=1S/C17H21NO/c1-13-11-14(2)17(15(3)12-13)16(19)7-10-18-8-5-4-6-9-18/h11-12H,4-6,8-9H2,1-3H3. The topological polar surface area (TPSA) is 20.3 Å². The van der Waals surface area contributed by atoms with Crippen LogP contribution in [0.2, 0.25) is 0 Å². The maximum absolute atomic E-state index is 12.2. The van der Waals surface area contributed by atoms with E-state index in [-0.39, 0.29) is 5.78 Å². The first-order valence-corrected chi connectivity index (χ1v) is 6.96. The Labute approximate surface area is 115 Å². The summed E-state index contributed by atoms with van der Waals surface area (Å²) in [5, 5.41) is 0. The molecule has 0 spiro atoms. The molecule has 1 aliphatic rings. The Hall–Kier alpha value is -1.75. The number of ketones is 1. The predicted molar refractivity (Wildman–Crippen MR) is 78.2 cm³/mol. The third-order valence-corrected chi connectivity index (χ3v) is 3.59. The van der Waals surface area contributed by atoms with E-state index in [9.17, 15) is 4.79 Å². The summed E-state index contributed by atoms with van der Waals surface area (Å²) in [5.41, 5.74) is 4.01. The van der Waals surface area contributed by atoms with E-state index in [2.05, 4.69) is 16.9 Å². The van der Waals surface area contributed by atoms with Crippen LogP contribution in [0.5, 0.6) is 0 Å². The number of nitrogens with zero attached hydrogens (tertiary/aromatic N) is 1. The minimum absolute atomic E-state index is 0.0550. The highest BCUT2D eigenvalue weighted by molar-refractivity contribution is 6.10. The molecule has 2 heteroatoms. The lowest BCUT2D eigenvalue weighted by Gasteiger charge is -2.21. The van der Waals surface area contributed by atoms with Gasteiger partial charge in [0.15, 0.2) is 0 Å². The molecule has 0 radical (unpaired) electrons. The van der Waals surface area contributed by atoms with Gasteiger partial charge in [-0.25, -0.2) is 0 Å². The Bertz CT molecular complexity index is 519. The molecule has 0 N–H and O–H groups in total. The molecule has 19 heavy (non-hydrogen) atoms. The van der Waals surface area contributed by atoms with Crippen molar-refractivity contribution in [3.8, 4) is 12.0 Å². The van der Waals surface area contributed by atoms with E-state index in [0.29, 0.717) is 0 Å². The molecule has 0 bridgehead atoms. The van der Waals surface area contributed by atoms with E-state index in [1.807, 2.05) is 32.9 Å². The van der Waals surface area contributed by atoms with E-state index in [1.54, 1.807) is 0 Å². The monoisotopic (exact) mass is 255 g/mol. The zero-order valence-electron chi connectivity index (χ0n) is 12.0. The van der Waals surface area contributed by atoms with Crippen molar-refractivity contribution < 1.29 is 4.79 Å². The molecule has 1 aromatic carbocycles. The van der Waals surface area contributed by atoms with Crippen LogP contribution in [0.1, 0.15) is 46.3 Å². The first kappa shape index (κ1) is 13.7. The summed E-state index contributed by atoms with van der Waals surface area (Å²) in [6.45, 7) is 8.00. The fraction of sp³-hybridized carbons (Fsp3) is 0.471. The Morgan fingerprint density at radius 1 is 1.05 bits per heavy atom. The van der Waals surface area contributed by atoms with Gasteiger partial charge in [-0.2, -0.15) is 0 Å². The van der Waals surface area contributed by atoms with Crippen LogP contribution in [0.15, 0.2) is 12.1 Å². The summed E-state index contributed by atoms with van der Waals surface area (Å²) >= 11 is 0. The number of hydrogen-bond donors (Lipinski definition) is 0. The average molecular weight is 255 g/mol. The van der Waals surface area contributed by atoms with E-state index in [0.717, 1.165) is 29.8 Å². The average Bonchev–Trinajstić information content (AvgIpc) is 2.36. The van der Waals surface area contributed by atoms with Gasteiger partial charge in [-0.05, 0) is 57.1 Å². The molecule has 0 aliphatic carbocycles. The van der Waals surface area contributed by atoms with Crippen molar-refractivity contribution in [2.45, 2.75) is 40.0 Å². The number of carbonyl (C=O) groups excluding carboxylic acids is 1. The number of piperidine rings is 1. The molecule has 2 rings (SSSR count). The molecule has 0 atom stereocenters. The molecule has 1 aromatic rings. The number of benzene rings is 1. The SMILES string of the molecule is Cc1cc(C)c(C(=O)C#CN2CCCCC2)c(C)c1. The van der Waals surface area contributed by atoms with Gasteiger partial charge >= 0.3 is 0 Å². The van der Waals surface area contributed by atoms with Crippen molar-refractivity contribution in [3.63, 3.8) is 0 Å². The van der Waals surface area contributed by atoms with Crippen LogP contribution in [-0.4, -0.2) is 23.8 Å². The highest BCUT2D eigenvalue weighted by atomic mass is 16.1. The molecule has 1 fully saturated rings. The van der Waals surface area contributed by atoms with Crippen LogP contribution >= 0.6 is 0 Å². The fourth-order valence-electron chi connectivity index (χ4n) is 2.74. The van der Waals surface area contributed by atoms with Gasteiger partial charge in [-0.15, -0.1) is 0 Å². The maximum atomic E-state index is 12.2. The smallest absolute Gasteiger partial charge is 0.238 e. The van der Waals surface area contributed by atoms with Gasteiger partial charge in [0.25, 0.3) is 0 Å². The molecule has 0 unspecified atom stereocenters. The summed E-state index contributed by atoms with van der Waals surface area (Å²) in [6.07, 6.45) is 3.65. The normalized spacial score (nSPS) is 14.8. The van der Waals surface area contributed by atoms with Crippen molar-refractivity contribution in [1.82, 2.24) is 4.90 Å². The summed E-state index contributed by atoms with van der Waals surface area (Å²) in [6, 6.07) is 7.11. The Balaban J connectivity index is 2.18. The van der Waals surface area contributed by atoms with Crippen LogP contribution in [0.25, 0.3) is 0 Å². The predicted octanol–water partition coefficient (Wildman–Crippen LogP) is 3.24.